The Labute approximate surface area is 237 Å². The molecule has 5 N–H and O–H groups in total. The predicted octanol–water partition coefficient (Wildman–Crippen LogP) is 1.52. The molecule has 2 aliphatic heterocycles. The summed E-state index contributed by atoms with van der Waals surface area (Å²) < 4.78 is -0.110. The summed E-state index contributed by atoms with van der Waals surface area (Å²) in [6.45, 7) is 3.10. The largest absolute Gasteiger partial charge is 0.480 e. The van der Waals surface area contributed by atoms with Gasteiger partial charge in [0.25, 0.3) is 0 Å². The number of nitrogens with two attached hydrogens (primary N) is 1. The quantitative estimate of drug-likeness (QED) is 0.197. The van der Waals surface area contributed by atoms with Crippen LogP contribution in [0.3, 0.4) is 0 Å². The first-order chi connectivity index (χ1) is 18.4. The number of rotatable bonds is 8. The molecule has 4 rings (SSSR count). The number of aliphatic imine (C=N–C) groups is 1. The molecule has 13 heteroatoms. The molecule has 2 fully saturated rings. The summed E-state index contributed by atoms with van der Waals surface area (Å²) in [5, 5.41) is 23.6. The van der Waals surface area contributed by atoms with Crippen molar-refractivity contribution in [1.29, 1.82) is 5.26 Å². The molecule has 4 atom stereocenters. The molecule has 11 nitrogen and oxygen atoms in total. The SMILES string of the molecule is CC1(C)S[C@@H]2[C@H](NC(=O)C(NC(=O)CN=C(N)c3cc(Br)cc(C#N)c3)c3ccccc3)C(=O)N2[C@H]1C(=O)O. The number of carboxylic acid groups (broad SMARTS) is 1. The van der Waals surface area contributed by atoms with Gasteiger partial charge in [0.1, 0.15) is 35.9 Å². The van der Waals surface area contributed by atoms with Crippen LogP contribution in [-0.2, 0) is 19.2 Å². The molecule has 2 saturated heterocycles. The number of halogens is 1. The van der Waals surface area contributed by atoms with E-state index in [1.807, 2.05) is 6.07 Å². The van der Waals surface area contributed by atoms with E-state index in [1.165, 1.54) is 22.7 Å². The lowest BCUT2D eigenvalue weighted by Gasteiger charge is -2.44. The molecule has 2 aromatic carbocycles. The van der Waals surface area contributed by atoms with Crippen molar-refractivity contribution < 1.29 is 24.3 Å². The summed E-state index contributed by atoms with van der Waals surface area (Å²) in [5.41, 5.74) is 7.33. The van der Waals surface area contributed by atoms with Crippen molar-refractivity contribution >= 4 is 57.2 Å². The van der Waals surface area contributed by atoms with Gasteiger partial charge in [0.2, 0.25) is 17.7 Å². The van der Waals surface area contributed by atoms with Crippen LogP contribution in [0.25, 0.3) is 0 Å². The summed E-state index contributed by atoms with van der Waals surface area (Å²) in [7, 11) is 0. The van der Waals surface area contributed by atoms with E-state index < -0.39 is 51.9 Å². The van der Waals surface area contributed by atoms with E-state index in [1.54, 1.807) is 56.3 Å². The van der Waals surface area contributed by atoms with Crippen LogP contribution in [0.2, 0.25) is 0 Å². The number of hydrogen-bond acceptors (Lipinski definition) is 7. The van der Waals surface area contributed by atoms with Crippen molar-refractivity contribution in [3.63, 3.8) is 0 Å². The zero-order chi connectivity index (χ0) is 28.5. The number of amidine groups is 1. The van der Waals surface area contributed by atoms with Crippen LogP contribution in [0, 0.1) is 11.3 Å². The molecule has 2 heterocycles. The minimum atomic E-state index is -1.14. The average molecular weight is 613 g/mol. The Balaban J connectivity index is 1.47. The van der Waals surface area contributed by atoms with Crippen molar-refractivity contribution in [3.05, 3.63) is 69.7 Å². The smallest absolute Gasteiger partial charge is 0.327 e. The molecule has 1 unspecified atom stereocenters. The molecule has 0 bridgehead atoms. The maximum absolute atomic E-state index is 13.3. The first-order valence-electron chi connectivity index (χ1n) is 11.8. The van der Waals surface area contributed by atoms with Crippen LogP contribution in [-0.4, -0.2) is 68.3 Å². The average Bonchev–Trinajstić information content (AvgIpc) is 3.16. The lowest BCUT2D eigenvalue weighted by atomic mass is 9.95. The first kappa shape index (κ1) is 28.1. The first-order valence-corrected chi connectivity index (χ1v) is 13.5. The Morgan fingerprint density at radius 1 is 1.26 bits per heavy atom. The van der Waals surface area contributed by atoms with Crippen molar-refractivity contribution in [3.8, 4) is 6.07 Å². The van der Waals surface area contributed by atoms with Gasteiger partial charge in [-0.1, -0.05) is 46.3 Å². The Hall–Kier alpha value is -3.89. The second-order valence-electron chi connectivity index (χ2n) is 9.54. The number of fused-ring (bicyclic) bond motifs is 1. The van der Waals surface area contributed by atoms with E-state index in [0.29, 0.717) is 21.2 Å². The van der Waals surface area contributed by atoms with E-state index in [-0.39, 0.29) is 12.4 Å². The number of β-lactam (4-membered cyclic amide) rings is 1. The number of hydrogen-bond donors (Lipinski definition) is 4. The molecule has 0 aliphatic carbocycles. The number of amides is 3. The van der Waals surface area contributed by atoms with Gasteiger partial charge in [-0.2, -0.15) is 5.26 Å². The van der Waals surface area contributed by atoms with Crippen molar-refractivity contribution in [2.45, 2.75) is 42.1 Å². The van der Waals surface area contributed by atoms with E-state index in [9.17, 15) is 24.3 Å². The molecule has 0 aromatic heterocycles. The Morgan fingerprint density at radius 3 is 2.59 bits per heavy atom. The van der Waals surface area contributed by atoms with Crippen LogP contribution in [0.4, 0.5) is 0 Å². The monoisotopic (exact) mass is 612 g/mol. The normalized spacial score (nSPS) is 22.2. The van der Waals surface area contributed by atoms with Crippen LogP contribution in [0.5, 0.6) is 0 Å². The Kier molecular flexibility index (Phi) is 7.99. The highest BCUT2D eigenvalue weighted by molar-refractivity contribution is 9.10. The molecule has 2 aliphatic rings. The lowest BCUT2D eigenvalue weighted by molar-refractivity contribution is -0.161. The molecule has 0 radical (unpaired) electrons. The fourth-order valence-corrected chi connectivity index (χ4v) is 6.70. The molecule has 3 amide bonds. The van der Waals surface area contributed by atoms with Crippen molar-refractivity contribution in [1.82, 2.24) is 15.5 Å². The van der Waals surface area contributed by atoms with Gasteiger partial charge >= 0.3 is 5.97 Å². The van der Waals surface area contributed by atoms with E-state index in [2.05, 4.69) is 31.6 Å². The Bertz CT molecular complexity index is 1410. The molecule has 2 aromatic rings. The second-order valence-corrected chi connectivity index (χ2v) is 12.2. The van der Waals surface area contributed by atoms with Gasteiger partial charge in [-0.3, -0.25) is 19.4 Å². The molecular formula is C26H25BrN6O5S. The number of aliphatic carboxylic acids is 1. The standard InChI is InChI=1S/C26H25BrN6O5S/c1-26(2)20(25(37)38)33-23(36)19(24(33)39-26)32-22(35)18(14-6-4-3-5-7-14)31-17(34)12-30-21(29)15-8-13(11-28)9-16(27)10-15/h3-10,18-20,24H,12H2,1-2H3,(H2,29,30)(H,31,34)(H,32,35)(H,37,38)/t18?,19-,20+,24-/m1/s1. The second kappa shape index (κ2) is 11.1. The minimum Gasteiger partial charge on any atom is -0.480 e. The maximum Gasteiger partial charge on any atom is 0.327 e. The van der Waals surface area contributed by atoms with Gasteiger partial charge in [-0.25, -0.2) is 4.79 Å². The third-order valence-corrected chi connectivity index (χ3v) is 8.42. The van der Waals surface area contributed by atoms with Crippen LogP contribution >= 0.6 is 27.7 Å². The van der Waals surface area contributed by atoms with Crippen molar-refractivity contribution in [2.75, 3.05) is 6.54 Å². The van der Waals surface area contributed by atoms with Crippen LogP contribution in [0.15, 0.2) is 58.0 Å². The molecule has 0 spiro atoms. The fraction of sp³-hybridized carbons (Fsp3) is 0.308. The third kappa shape index (κ3) is 5.76. The number of nitriles is 1. The summed E-state index contributed by atoms with van der Waals surface area (Å²) >= 11 is 4.61. The number of carbonyl (C=O) groups excluding carboxylic acids is 3. The highest BCUT2D eigenvalue weighted by Crippen LogP contribution is 2.50. The molecule has 39 heavy (non-hydrogen) atoms. The van der Waals surface area contributed by atoms with Gasteiger partial charge in [0.05, 0.1) is 11.6 Å². The lowest BCUT2D eigenvalue weighted by Crippen LogP contribution is -2.71. The summed E-state index contributed by atoms with van der Waals surface area (Å²) in [6, 6.07) is 12.3. The number of nitrogens with one attached hydrogen (secondary N) is 2. The number of benzene rings is 2. The van der Waals surface area contributed by atoms with Gasteiger partial charge < -0.3 is 26.4 Å². The van der Waals surface area contributed by atoms with E-state index in [4.69, 9.17) is 11.0 Å². The number of carbonyl (C=O) groups is 4. The van der Waals surface area contributed by atoms with Crippen molar-refractivity contribution in [2.24, 2.45) is 10.7 Å². The topological polar surface area (TPSA) is 178 Å². The summed E-state index contributed by atoms with van der Waals surface area (Å²) in [5.74, 6) is -2.76. The summed E-state index contributed by atoms with van der Waals surface area (Å²) in [4.78, 5) is 56.1. The van der Waals surface area contributed by atoms with Gasteiger partial charge in [-0.15, -0.1) is 11.8 Å². The zero-order valence-corrected chi connectivity index (χ0v) is 23.3. The third-order valence-electron chi connectivity index (χ3n) is 6.39. The minimum absolute atomic E-state index is 0.0395. The number of carboxylic acids is 1. The molecular weight excluding hydrogens is 588 g/mol. The number of thioether (sulfide) groups is 1. The molecule has 0 saturated carbocycles. The van der Waals surface area contributed by atoms with Crippen LogP contribution < -0.4 is 16.4 Å². The highest BCUT2D eigenvalue weighted by Gasteiger charge is 2.64. The van der Waals surface area contributed by atoms with E-state index >= 15 is 0 Å². The highest BCUT2D eigenvalue weighted by atomic mass is 79.9. The van der Waals surface area contributed by atoms with Gasteiger partial charge in [0, 0.05) is 14.8 Å². The zero-order valence-electron chi connectivity index (χ0n) is 20.9. The summed E-state index contributed by atoms with van der Waals surface area (Å²) in [6.07, 6.45) is 0. The van der Waals surface area contributed by atoms with Gasteiger partial charge in [0.15, 0.2) is 0 Å². The van der Waals surface area contributed by atoms with E-state index in [0.717, 1.165) is 0 Å². The fourth-order valence-electron chi connectivity index (χ4n) is 4.58. The molecule has 202 valence electrons. The van der Waals surface area contributed by atoms with Gasteiger partial charge in [-0.05, 0) is 37.6 Å². The number of nitrogens with zero attached hydrogens (tertiary/aromatic N) is 3. The van der Waals surface area contributed by atoms with Crippen LogP contribution in [0.1, 0.15) is 36.6 Å². The predicted molar refractivity (Wildman–Crippen MR) is 147 cm³/mol. The Morgan fingerprint density at radius 2 is 1.95 bits per heavy atom. The maximum atomic E-state index is 13.3.